The summed E-state index contributed by atoms with van der Waals surface area (Å²) in [5.74, 6) is 0. The van der Waals surface area contributed by atoms with Crippen LogP contribution in [-0.2, 0) is 4.12 Å². The van der Waals surface area contributed by atoms with Crippen LogP contribution in [0.5, 0.6) is 0 Å². The van der Waals surface area contributed by atoms with E-state index in [-0.39, 0.29) is 0 Å². The van der Waals surface area contributed by atoms with Gasteiger partial charge in [-0.1, -0.05) is 39.3 Å². The van der Waals surface area contributed by atoms with E-state index in [0.29, 0.717) is 0 Å². The summed E-state index contributed by atoms with van der Waals surface area (Å²) in [6.45, 7) is 21.9. The molecule has 0 bridgehead atoms. The third-order valence-corrected chi connectivity index (χ3v) is 31.3. The molecule has 14 heavy (non-hydrogen) atoms. The summed E-state index contributed by atoms with van der Waals surface area (Å²) in [5.41, 5.74) is 0. The molecule has 0 fully saturated rings. The van der Waals surface area contributed by atoms with Crippen molar-refractivity contribution >= 4 is 31.6 Å². The van der Waals surface area contributed by atoms with Gasteiger partial charge < -0.3 is 4.12 Å². The van der Waals surface area contributed by atoms with Gasteiger partial charge in [0.05, 0.1) is 15.2 Å². The van der Waals surface area contributed by atoms with Crippen molar-refractivity contribution in [1.82, 2.24) is 0 Å². The van der Waals surface area contributed by atoms with E-state index in [1.54, 1.807) is 0 Å². The predicted octanol–water partition coefficient (Wildman–Crippen LogP) is 3.66. The molecule has 0 saturated heterocycles. The summed E-state index contributed by atoms with van der Waals surface area (Å²) in [6, 6.07) is 0. The van der Waals surface area contributed by atoms with Crippen LogP contribution >= 0.6 is 0 Å². The molecule has 0 N–H and O–H groups in total. The first kappa shape index (κ1) is 14.8. The highest BCUT2D eigenvalue weighted by atomic mass is 29.6. The van der Waals surface area contributed by atoms with Crippen LogP contribution in [0.3, 0.4) is 0 Å². The van der Waals surface area contributed by atoms with Crippen LogP contribution < -0.4 is 0 Å². The maximum absolute atomic E-state index is 6.53. The highest BCUT2D eigenvalue weighted by Crippen LogP contribution is 2.22. The molecule has 0 aromatic carbocycles. The second kappa shape index (κ2) is 4.37. The van der Waals surface area contributed by atoms with Crippen molar-refractivity contribution < 1.29 is 4.12 Å². The lowest BCUT2D eigenvalue weighted by molar-refractivity contribution is 0.600. The van der Waals surface area contributed by atoms with E-state index in [9.17, 15) is 0 Å². The van der Waals surface area contributed by atoms with Crippen LogP contribution in [0.1, 0.15) is 0 Å². The Balaban J connectivity index is 4.78. The smallest absolute Gasteiger partial charge is 0.169 e. The first-order chi connectivity index (χ1) is 5.84. The predicted molar refractivity (Wildman–Crippen MR) is 76.9 cm³/mol. The molecule has 1 nitrogen and oxygen atoms in total. The maximum Gasteiger partial charge on any atom is 0.169 e. The van der Waals surface area contributed by atoms with Gasteiger partial charge >= 0.3 is 0 Å². The molecule has 0 spiro atoms. The van der Waals surface area contributed by atoms with E-state index in [1.807, 2.05) is 0 Å². The molecule has 0 aliphatic heterocycles. The highest BCUT2D eigenvalue weighted by Gasteiger charge is 2.43. The monoisotopic (exact) mass is 263 g/mol. The Morgan fingerprint density at radius 2 is 0.929 bits per heavy atom. The van der Waals surface area contributed by atoms with Gasteiger partial charge in [-0.25, -0.2) is 0 Å². The van der Waals surface area contributed by atoms with Crippen LogP contribution in [0.15, 0.2) is 0 Å². The van der Waals surface area contributed by atoms with E-state index in [4.69, 9.17) is 4.12 Å². The van der Waals surface area contributed by atoms with Crippen molar-refractivity contribution in [3.8, 4) is 0 Å². The number of rotatable bonds is 4. The molecule has 85 valence electrons. The molecule has 0 aliphatic rings. The molecule has 0 rings (SSSR count). The fourth-order valence-electron chi connectivity index (χ4n) is 1.74. The fraction of sp³-hybridized carbons (Fsp3) is 1.00. The molecule has 1 radical (unpaired) electrons. The van der Waals surface area contributed by atoms with Crippen molar-refractivity contribution in [3.63, 3.8) is 0 Å². The van der Waals surface area contributed by atoms with Crippen molar-refractivity contribution in [2.75, 3.05) is 0 Å². The average molecular weight is 264 g/mol. The van der Waals surface area contributed by atoms with Crippen LogP contribution in [0.2, 0.25) is 58.9 Å². The molecule has 0 aromatic rings. The molecular weight excluding hydrogens is 236 g/mol. The molecule has 0 saturated carbocycles. The summed E-state index contributed by atoms with van der Waals surface area (Å²) in [5, 5.41) is 0. The Bertz CT molecular complexity index is 170. The van der Waals surface area contributed by atoms with Crippen molar-refractivity contribution in [3.05, 3.63) is 0 Å². The van der Waals surface area contributed by atoms with Crippen LogP contribution in [-0.4, -0.2) is 31.6 Å². The number of hydrogen-bond acceptors (Lipinski definition) is 1. The minimum atomic E-state index is -1.33. The molecule has 0 heterocycles. The van der Waals surface area contributed by atoms with Gasteiger partial charge in [-0.3, -0.25) is 0 Å². The minimum absolute atomic E-state index is 0.494. The summed E-state index contributed by atoms with van der Waals surface area (Å²) >= 11 is 0. The zero-order valence-electron chi connectivity index (χ0n) is 11.4. The first-order valence-electron chi connectivity index (χ1n) is 5.41. The molecule has 5 heteroatoms. The van der Waals surface area contributed by atoms with Gasteiger partial charge in [-0.05, 0) is 19.6 Å². The Morgan fingerprint density at radius 1 is 0.643 bits per heavy atom. The third kappa shape index (κ3) is 5.65. The lowest BCUT2D eigenvalue weighted by atomic mass is 11.8. The van der Waals surface area contributed by atoms with Crippen molar-refractivity contribution in [2.45, 2.75) is 58.9 Å². The van der Waals surface area contributed by atoms with Gasteiger partial charge in [0.2, 0.25) is 0 Å². The molecule has 0 aromatic heterocycles. The van der Waals surface area contributed by atoms with E-state index in [0.717, 1.165) is 0 Å². The Morgan fingerprint density at radius 3 is 1.00 bits per heavy atom. The normalized spacial score (nSPS) is 15.0. The van der Waals surface area contributed by atoms with E-state index in [1.165, 1.54) is 0 Å². The molecule has 0 atom stereocenters. The van der Waals surface area contributed by atoms with Crippen LogP contribution in [0.4, 0.5) is 0 Å². The fourth-order valence-corrected chi connectivity index (χ4v) is 46.9. The largest absolute Gasteiger partial charge is 0.460 e. The quantitative estimate of drug-likeness (QED) is 0.704. The lowest BCUT2D eigenvalue weighted by Gasteiger charge is -2.40. The topological polar surface area (TPSA) is 9.23 Å². The Hall–Kier alpha value is 0.828. The zero-order valence-corrected chi connectivity index (χ0v) is 15.4. The van der Waals surface area contributed by atoms with Gasteiger partial charge in [0.15, 0.2) is 16.4 Å². The highest BCUT2D eigenvalue weighted by molar-refractivity contribution is 7.58. The zero-order chi connectivity index (χ0) is 11.8. The summed E-state index contributed by atoms with van der Waals surface area (Å²) < 4.78 is 6.53. The maximum atomic E-state index is 6.53. The van der Waals surface area contributed by atoms with Gasteiger partial charge in [-0.2, -0.15) is 0 Å². The first-order valence-corrected chi connectivity index (χ1v) is 19.2. The molecule has 0 amide bonds. The van der Waals surface area contributed by atoms with Crippen LogP contribution in [0, 0.1) is 0 Å². The van der Waals surface area contributed by atoms with Gasteiger partial charge in [0.25, 0.3) is 0 Å². The Labute approximate surface area is 94.7 Å². The van der Waals surface area contributed by atoms with Gasteiger partial charge in [0.1, 0.15) is 0 Å². The second-order valence-electron chi connectivity index (χ2n) is 7.04. The molecule has 0 aliphatic carbocycles. The van der Waals surface area contributed by atoms with E-state index >= 15 is 0 Å². The Kier molecular flexibility index (Phi) is 4.62. The van der Waals surface area contributed by atoms with Crippen molar-refractivity contribution in [2.24, 2.45) is 0 Å². The van der Waals surface area contributed by atoms with Crippen molar-refractivity contribution in [1.29, 1.82) is 0 Å². The average Bonchev–Trinajstić information content (AvgIpc) is 1.75. The molecule has 0 unspecified atom stereocenters. The summed E-state index contributed by atoms with van der Waals surface area (Å²) in [7, 11) is -3.93. The minimum Gasteiger partial charge on any atom is -0.460 e. The molecular formula is C9H27OSi4. The second-order valence-corrected chi connectivity index (χ2v) is 35.0. The summed E-state index contributed by atoms with van der Waals surface area (Å²) in [4.78, 5) is 0. The standard InChI is InChI=1S/C9H27OSi4/c1-12(2,3)10-11(13(4,5)6)14(7,8)9/h1-9H3. The summed E-state index contributed by atoms with van der Waals surface area (Å²) in [6.07, 6.45) is 0. The SMILES string of the molecule is C[Si](C)(C)O[Si]([Si](C)(C)C)[Si](C)(C)C. The van der Waals surface area contributed by atoms with Crippen LogP contribution in [0.25, 0.3) is 0 Å². The van der Waals surface area contributed by atoms with E-state index < -0.39 is 31.6 Å². The van der Waals surface area contributed by atoms with Gasteiger partial charge in [-0.15, -0.1) is 0 Å². The number of hydrogen-bond donors (Lipinski definition) is 0. The third-order valence-electron chi connectivity index (χ3n) is 1.77. The van der Waals surface area contributed by atoms with E-state index in [2.05, 4.69) is 58.9 Å². The van der Waals surface area contributed by atoms with Gasteiger partial charge in [0, 0.05) is 0 Å². The lowest BCUT2D eigenvalue weighted by Crippen LogP contribution is -2.63.